The minimum absolute atomic E-state index is 0.0502. The SMILES string of the molecule is COC(=O)N[C@H](C(=O)N1CCC[C@H]1c1nc2ccc(-c3ccc4cc(-c5cnc([C@@H]6CCCN6C(=O)[C@H](C)N)[nH]5)ccc4n3)cc2[nH]1)C1CC1. The molecule has 5 aromatic rings. The first-order valence-corrected chi connectivity index (χ1v) is 17.4. The first-order valence-electron chi connectivity index (χ1n) is 17.4. The maximum atomic E-state index is 13.6. The standard InChI is InChI=1S/C37H41N9O4/c1-20(38)35(47)45-15-3-5-30(45)33-39-19-29(43-33)23-10-13-25-22(17-23)9-12-26(40-25)24-11-14-27-28(18-24)42-34(41-27)31-6-4-16-46(31)36(48)32(21-7-8-21)44-37(49)50-2/h9-14,17-21,30-32H,3-8,15-16,38H2,1-2H3,(H,39,43)(H,41,42)(H,44,49)/t20-,30-,31-,32-/m0/s1. The topological polar surface area (TPSA) is 175 Å². The summed E-state index contributed by atoms with van der Waals surface area (Å²) in [5.41, 5.74) is 12.1. The van der Waals surface area contributed by atoms with Crippen molar-refractivity contribution in [3.63, 3.8) is 0 Å². The fourth-order valence-corrected chi connectivity index (χ4v) is 7.52. The smallest absolute Gasteiger partial charge is 0.407 e. The number of methoxy groups -OCH3 is 1. The molecule has 2 saturated heterocycles. The molecular weight excluding hydrogens is 634 g/mol. The number of nitrogens with zero attached hydrogens (tertiary/aromatic N) is 5. The Bertz CT molecular complexity index is 2100. The van der Waals surface area contributed by atoms with Crippen LogP contribution < -0.4 is 11.1 Å². The summed E-state index contributed by atoms with van der Waals surface area (Å²) in [7, 11) is 1.31. The van der Waals surface area contributed by atoms with E-state index < -0.39 is 18.2 Å². The number of ether oxygens (including phenoxy) is 1. The second-order valence-corrected chi connectivity index (χ2v) is 13.8. The maximum Gasteiger partial charge on any atom is 0.407 e. The number of fused-ring (bicyclic) bond motifs is 2. The van der Waals surface area contributed by atoms with Crippen LogP contribution in [-0.2, 0) is 14.3 Å². The van der Waals surface area contributed by atoms with Gasteiger partial charge in [-0.25, -0.2) is 19.7 Å². The fourth-order valence-electron chi connectivity index (χ4n) is 7.52. The number of pyridine rings is 1. The molecule has 4 atom stereocenters. The lowest BCUT2D eigenvalue weighted by atomic mass is 10.1. The van der Waals surface area contributed by atoms with Crippen LogP contribution in [0, 0.1) is 5.92 Å². The number of amides is 3. The van der Waals surface area contributed by atoms with Crippen LogP contribution in [0.3, 0.4) is 0 Å². The Morgan fingerprint density at radius 1 is 0.860 bits per heavy atom. The number of nitrogens with one attached hydrogen (secondary N) is 3. The van der Waals surface area contributed by atoms with Crippen molar-refractivity contribution >= 4 is 39.8 Å². The Labute approximate surface area is 289 Å². The van der Waals surface area contributed by atoms with E-state index in [-0.39, 0.29) is 29.8 Å². The van der Waals surface area contributed by atoms with Crippen LogP contribution in [-0.4, -0.2) is 84.9 Å². The quantitative estimate of drug-likeness (QED) is 0.178. The number of benzene rings is 2. The summed E-state index contributed by atoms with van der Waals surface area (Å²) in [5, 5.41) is 3.76. The fraction of sp³-hybridized carbons (Fsp3) is 0.405. The van der Waals surface area contributed by atoms with Crippen molar-refractivity contribution < 1.29 is 19.1 Å². The summed E-state index contributed by atoms with van der Waals surface area (Å²) in [6.45, 7) is 3.04. The van der Waals surface area contributed by atoms with Gasteiger partial charge in [0, 0.05) is 29.6 Å². The van der Waals surface area contributed by atoms with Crippen LogP contribution in [0.15, 0.2) is 54.7 Å². The summed E-state index contributed by atoms with van der Waals surface area (Å²) in [6, 6.07) is 14.9. The number of likely N-dealkylation sites (tertiary alicyclic amines) is 2. The Hall–Kier alpha value is -5.30. The number of hydrogen-bond acceptors (Lipinski definition) is 8. The predicted octanol–water partition coefficient (Wildman–Crippen LogP) is 4.98. The molecular formula is C37H41N9O4. The number of alkyl carbamates (subject to hydrolysis) is 1. The third kappa shape index (κ3) is 5.95. The summed E-state index contributed by atoms with van der Waals surface area (Å²) in [6.07, 6.45) is 6.53. The first-order chi connectivity index (χ1) is 24.3. The van der Waals surface area contributed by atoms with E-state index >= 15 is 0 Å². The Morgan fingerprint density at radius 3 is 2.32 bits per heavy atom. The lowest BCUT2D eigenvalue weighted by Gasteiger charge is -2.28. The van der Waals surface area contributed by atoms with E-state index in [1.165, 1.54) is 7.11 Å². The van der Waals surface area contributed by atoms with Crippen molar-refractivity contribution in [1.82, 2.24) is 40.0 Å². The molecule has 50 heavy (non-hydrogen) atoms. The van der Waals surface area contributed by atoms with Crippen molar-refractivity contribution in [2.24, 2.45) is 11.7 Å². The molecule has 1 aliphatic carbocycles. The van der Waals surface area contributed by atoms with Crippen LogP contribution in [0.1, 0.15) is 69.2 Å². The lowest BCUT2D eigenvalue weighted by molar-refractivity contribution is -0.135. The van der Waals surface area contributed by atoms with E-state index in [0.29, 0.717) is 13.1 Å². The molecule has 3 aliphatic rings. The zero-order chi connectivity index (χ0) is 34.5. The van der Waals surface area contributed by atoms with Gasteiger partial charge in [-0.2, -0.15) is 0 Å². The van der Waals surface area contributed by atoms with Gasteiger partial charge >= 0.3 is 6.09 Å². The number of H-pyrrole nitrogens is 2. The second kappa shape index (κ2) is 12.9. The van der Waals surface area contributed by atoms with Crippen molar-refractivity contribution in [2.75, 3.05) is 20.2 Å². The van der Waals surface area contributed by atoms with Gasteiger partial charge in [0.25, 0.3) is 0 Å². The van der Waals surface area contributed by atoms with E-state index in [1.807, 2.05) is 46.3 Å². The van der Waals surface area contributed by atoms with Crippen LogP contribution in [0.25, 0.3) is 44.5 Å². The molecule has 0 radical (unpaired) electrons. The van der Waals surface area contributed by atoms with E-state index in [2.05, 4.69) is 38.5 Å². The van der Waals surface area contributed by atoms with Gasteiger partial charge in [-0.1, -0.05) is 18.2 Å². The minimum atomic E-state index is -0.583. The molecule has 2 aliphatic heterocycles. The molecule has 3 aromatic heterocycles. The molecule has 1 saturated carbocycles. The average Bonchev–Trinajstić information content (AvgIpc) is 3.56. The zero-order valence-corrected chi connectivity index (χ0v) is 28.2. The molecule has 0 bridgehead atoms. The number of aromatic amines is 2. The number of hydrogen-bond donors (Lipinski definition) is 4. The monoisotopic (exact) mass is 675 g/mol. The van der Waals surface area contributed by atoms with Crippen LogP contribution in [0.2, 0.25) is 0 Å². The summed E-state index contributed by atoms with van der Waals surface area (Å²) < 4.78 is 4.79. The lowest BCUT2D eigenvalue weighted by Crippen LogP contribution is -2.49. The largest absolute Gasteiger partial charge is 0.453 e. The van der Waals surface area contributed by atoms with Gasteiger partial charge < -0.3 is 35.6 Å². The molecule has 3 fully saturated rings. The molecule has 5 N–H and O–H groups in total. The summed E-state index contributed by atoms with van der Waals surface area (Å²) in [4.78, 5) is 63.4. The maximum absolute atomic E-state index is 13.6. The molecule has 5 heterocycles. The highest BCUT2D eigenvalue weighted by Crippen LogP contribution is 2.38. The van der Waals surface area contributed by atoms with Crippen LogP contribution in [0.5, 0.6) is 0 Å². The van der Waals surface area contributed by atoms with Crippen LogP contribution in [0.4, 0.5) is 4.79 Å². The molecule has 13 heteroatoms. The third-order valence-electron chi connectivity index (χ3n) is 10.3. The van der Waals surface area contributed by atoms with E-state index in [4.69, 9.17) is 20.4 Å². The summed E-state index contributed by atoms with van der Waals surface area (Å²) >= 11 is 0. The first kappa shape index (κ1) is 31.9. The molecule has 8 rings (SSSR count). The van der Waals surface area contributed by atoms with Crippen LogP contribution >= 0.6 is 0 Å². The highest BCUT2D eigenvalue weighted by atomic mass is 16.5. The number of nitrogens with two attached hydrogens (primary N) is 1. The van der Waals surface area contributed by atoms with Crippen molar-refractivity contribution in [3.05, 3.63) is 66.4 Å². The Balaban J connectivity index is 1.00. The van der Waals surface area contributed by atoms with E-state index in [0.717, 1.165) is 94.6 Å². The number of carbonyl (C=O) groups is 3. The summed E-state index contributed by atoms with van der Waals surface area (Å²) in [5.74, 6) is 1.55. The molecule has 3 amide bonds. The van der Waals surface area contributed by atoms with Gasteiger partial charge in [-0.05, 0) is 81.7 Å². The van der Waals surface area contributed by atoms with Gasteiger partial charge in [0.05, 0.1) is 59.4 Å². The molecule has 2 aromatic carbocycles. The zero-order valence-electron chi connectivity index (χ0n) is 28.2. The number of imidazole rings is 2. The van der Waals surface area contributed by atoms with Crippen molar-refractivity contribution in [1.29, 1.82) is 0 Å². The minimum Gasteiger partial charge on any atom is -0.453 e. The number of carbonyl (C=O) groups excluding carboxylic acids is 3. The van der Waals surface area contributed by atoms with Gasteiger partial charge in [0.15, 0.2) is 0 Å². The predicted molar refractivity (Wildman–Crippen MR) is 187 cm³/mol. The van der Waals surface area contributed by atoms with Gasteiger partial charge in [-0.15, -0.1) is 0 Å². The normalized spacial score (nSPS) is 20.4. The van der Waals surface area contributed by atoms with E-state index in [1.54, 1.807) is 6.92 Å². The molecule has 258 valence electrons. The average molecular weight is 676 g/mol. The van der Waals surface area contributed by atoms with Crippen molar-refractivity contribution in [2.45, 2.75) is 69.6 Å². The molecule has 0 spiro atoms. The molecule has 0 unspecified atom stereocenters. The highest BCUT2D eigenvalue weighted by Gasteiger charge is 2.43. The highest BCUT2D eigenvalue weighted by molar-refractivity contribution is 5.89. The number of rotatable bonds is 8. The second-order valence-electron chi connectivity index (χ2n) is 13.8. The van der Waals surface area contributed by atoms with Gasteiger partial charge in [0.2, 0.25) is 11.8 Å². The molecule has 13 nitrogen and oxygen atoms in total. The Morgan fingerprint density at radius 2 is 1.58 bits per heavy atom. The third-order valence-corrected chi connectivity index (χ3v) is 10.3. The number of aromatic nitrogens is 5. The van der Waals surface area contributed by atoms with Crippen molar-refractivity contribution in [3.8, 4) is 22.5 Å². The van der Waals surface area contributed by atoms with Gasteiger partial charge in [-0.3, -0.25) is 9.59 Å². The van der Waals surface area contributed by atoms with Gasteiger partial charge in [0.1, 0.15) is 17.7 Å². The Kier molecular flexibility index (Phi) is 8.22. The van der Waals surface area contributed by atoms with E-state index in [9.17, 15) is 14.4 Å².